The van der Waals surface area contributed by atoms with Crippen molar-refractivity contribution < 1.29 is 16.8 Å². The van der Waals surface area contributed by atoms with E-state index < -0.39 is 20.0 Å². The molecule has 0 saturated heterocycles. The van der Waals surface area contributed by atoms with Gasteiger partial charge in [-0.15, -0.1) is 0 Å². The second kappa shape index (κ2) is 6.44. The highest BCUT2D eigenvalue weighted by Crippen LogP contribution is 2.24. The molecule has 0 amide bonds. The quantitative estimate of drug-likeness (QED) is 0.805. The maximum absolute atomic E-state index is 12.5. The summed E-state index contributed by atoms with van der Waals surface area (Å²) in [5.41, 5.74) is 2.20. The summed E-state index contributed by atoms with van der Waals surface area (Å²) >= 11 is 0. The Balaban J connectivity index is 1.79. The molecule has 2 aromatic carbocycles. The zero-order valence-electron chi connectivity index (χ0n) is 14.0. The Hall–Kier alpha value is -1.90. The maximum atomic E-state index is 12.5. The van der Waals surface area contributed by atoms with E-state index in [4.69, 9.17) is 0 Å². The minimum absolute atomic E-state index is 0.0213. The third-order valence-electron chi connectivity index (χ3n) is 4.10. The highest BCUT2D eigenvalue weighted by molar-refractivity contribution is 7.92. The molecule has 0 unspecified atom stereocenters. The maximum Gasteiger partial charge on any atom is 0.261 e. The molecule has 1 aliphatic rings. The summed E-state index contributed by atoms with van der Waals surface area (Å²) in [6.45, 7) is 3.76. The van der Waals surface area contributed by atoms with E-state index in [2.05, 4.69) is 9.44 Å². The summed E-state index contributed by atoms with van der Waals surface area (Å²) < 4.78 is 54.2. The van der Waals surface area contributed by atoms with Crippen LogP contribution in [-0.2, 0) is 20.0 Å². The lowest BCUT2D eigenvalue weighted by molar-refractivity contribution is 0.581. The standard InChI is InChI=1S/C17H20N2O4S2/c1-12-3-8-17(11-13(12)2)25(22,23)19-15-6-9-16(10-7-15)24(20,21)18-14-4-5-14/h3,6-11,14,18-19H,4-5H2,1-2H3. The smallest absolute Gasteiger partial charge is 0.261 e. The monoisotopic (exact) mass is 380 g/mol. The summed E-state index contributed by atoms with van der Waals surface area (Å²) in [5.74, 6) is 0. The van der Waals surface area contributed by atoms with Gasteiger partial charge < -0.3 is 0 Å². The molecule has 25 heavy (non-hydrogen) atoms. The van der Waals surface area contributed by atoms with Gasteiger partial charge in [0.25, 0.3) is 10.0 Å². The fraction of sp³-hybridized carbons (Fsp3) is 0.294. The minimum Gasteiger partial charge on any atom is -0.280 e. The zero-order chi connectivity index (χ0) is 18.2. The SMILES string of the molecule is Cc1ccc(S(=O)(=O)Nc2ccc(S(=O)(=O)NC3CC3)cc2)cc1C. The number of rotatable bonds is 6. The Morgan fingerprint density at radius 1 is 0.800 bits per heavy atom. The first kappa shape index (κ1) is 17.9. The van der Waals surface area contributed by atoms with Crippen molar-refractivity contribution in [3.63, 3.8) is 0 Å². The van der Waals surface area contributed by atoms with Crippen LogP contribution in [0.4, 0.5) is 5.69 Å². The van der Waals surface area contributed by atoms with Crippen LogP contribution in [0.5, 0.6) is 0 Å². The summed E-state index contributed by atoms with van der Waals surface area (Å²) in [6.07, 6.45) is 1.71. The topological polar surface area (TPSA) is 92.3 Å². The summed E-state index contributed by atoms with van der Waals surface area (Å²) in [7, 11) is -7.27. The second-order valence-corrected chi connectivity index (χ2v) is 9.67. The van der Waals surface area contributed by atoms with Crippen LogP contribution >= 0.6 is 0 Å². The van der Waals surface area contributed by atoms with E-state index in [1.165, 1.54) is 24.3 Å². The normalized spacial score (nSPS) is 15.1. The van der Waals surface area contributed by atoms with E-state index in [1.807, 2.05) is 13.8 Å². The van der Waals surface area contributed by atoms with Crippen molar-refractivity contribution in [2.75, 3.05) is 4.72 Å². The molecule has 0 spiro atoms. The molecule has 0 aromatic heterocycles. The Bertz CT molecular complexity index is 993. The van der Waals surface area contributed by atoms with Gasteiger partial charge in [0, 0.05) is 11.7 Å². The Kier molecular flexibility index (Phi) is 4.61. The number of aryl methyl sites for hydroxylation is 2. The van der Waals surface area contributed by atoms with Crippen LogP contribution in [0.3, 0.4) is 0 Å². The van der Waals surface area contributed by atoms with Crippen molar-refractivity contribution in [1.82, 2.24) is 4.72 Å². The zero-order valence-corrected chi connectivity index (χ0v) is 15.6. The Labute approximate surface area is 148 Å². The van der Waals surface area contributed by atoms with Gasteiger partial charge in [0.15, 0.2) is 0 Å². The van der Waals surface area contributed by atoms with E-state index >= 15 is 0 Å². The molecule has 0 heterocycles. The fourth-order valence-corrected chi connectivity index (χ4v) is 4.73. The Morgan fingerprint density at radius 3 is 1.96 bits per heavy atom. The van der Waals surface area contributed by atoms with Gasteiger partial charge in [-0.3, -0.25) is 4.72 Å². The molecule has 2 N–H and O–H groups in total. The lowest BCUT2D eigenvalue weighted by atomic mass is 10.1. The van der Waals surface area contributed by atoms with Crippen molar-refractivity contribution in [3.8, 4) is 0 Å². The van der Waals surface area contributed by atoms with Crippen LogP contribution in [0.2, 0.25) is 0 Å². The van der Waals surface area contributed by atoms with E-state index in [1.54, 1.807) is 18.2 Å². The molecule has 0 radical (unpaired) electrons. The van der Waals surface area contributed by atoms with Crippen LogP contribution in [0, 0.1) is 13.8 Å². The van der Waals surface area contributed by atoms with Crippen molar-refractivity contribution in [2.45, 2.75) is 42.5 Å². The van der Waals surface area contributed by atoms with Crippen LogP contribution < -0.4 is 9.44 Å². The van der Waals surface area contributed by atoms with Crippen molar-refractivity contribution >= 4 is 25.7 Å². The number of hydrogen-bond donors (Lipinski definition) is 2. The van der Waals surface area contributed by atoms with Gasteiger partial charge in [-0.1, -0.05) is 6.07 Å². The molecular formula is C17H20N2O4S2. The molecule has 0 atom stereocenters. The third-order valence-corrected chi connectivity index (χ3v) is 7.02. The van der Waals surface area contributed by atoms with Gasteiger partial charge in [0.1, 0.15) is 0 Å². The number of sulfonamides is 2. The van der Waals surface area contributed by atoms with Crippen molar-refractivity contribution in [2.24, 2.45) is 0 Å². The predicted octanol–water partition coefficient (Wildman–Crippen LogP) is 2.54. The Morgan fingerprint density at radius 2 is 1.40 bits per heavy atom. The number of anilines is 1. The molecule has 0 bridgehead atoms. The molecule has 8 heteroatoms. The average Bonchev–Trinajstić information content (AvgIpc) is 3.33. The predicted molar refractivity (Wildman–Crippen MR) is 96.5 cm³/mol. The highest BCUT2D eigenvalue weighted by atomic mass is 32.2. The van der Waals surface area contributed by atoms with Gasteiger partial charge in [-0.05, 0) is 74.2 Å². The van der Waals surface area contributed by atoms with E-state index in [0.717, 1.165) is 24.0 Å². The summed E-state index contributed by atoms with van der Waals surface area (Å²) in [5, 5.41) is 0. The molecule has 1 aliphatic carbocycles. The minimum atomic E-state index is -3.72. The van der Waals surface area contributed by atoms with E-state index in [9.17, 15) is 16.8 Å². The molecule has 2 aromatic rings. The number of nitrogens with one attached hydrogen (secondary N) is 2. The van der Waals surface area contributed by atoms with Crippen LogP contribution in [-0.4, -0.2) is 22.9 Å². The number of hydrogen-bond acceptors (Lipinski definition) is 4. The third kappa shape index (κ3) is 4.20. The molecule has 3 rings (SSSR count). The van der Waals surface area contributed by atoms with E-state index in [0.29, 0.717) is 5.69 Å². The largest absolute Gasteiger partial charge is 0.280 e. The number of benzene rings is 2. The molecule has 6 nitrogen and oxygen atoms in total. The van der Waals surface area contributed by atoms with Gasteiger partial charge >= 0.3 is 0 Å². The molecule has 134 valence electrons. The fourth-order valence-electron chi connectivity index (χ4n) is 2.29. The van der Waals surface area contributed by atoms with Crippen molar-refractivity contribution in [1.29, 1.82) is 0 Å². The molecule has 1 fully saturated rings. The first-order valence-corrected chi connectivity index (χ1v) is 10.9. The highest BCUT2D eigenvalue weighted by Gasteiger charge is 2.28. The molecular weight excluding hydrogens is 360 g/mol. The first-order chi connectivity index (χ1) is 11.7. The average molecular weight is 380 g/mol. The van der Waals surface area contributed by atoms with Gasteiger partial charge in [-0.25, -0.2) is 21.6 Å². The molecule has 1 saturated carbocycles. The first-order valence-electron chi connectivity index (χ1n) is 7.90. The van der Waals surface area contributed by atoms with Crippen LogP contribution in [0.15, 0.2) is 52.3 Å². The lowest BCUT2D eigenvalue weighted by Gasteiger charge is -2.11. The van der Waals surface area contributed by atoms with Crippen molar-refractivity contribution in [3.05, 3.63) is 53.6 Å². The second-order valence-electron chi connectivity index (χ2n) is 6.27. The van der Waals surface area contributed by atoms with E-state index in [-0.39, 0.29) is 15.8 Å². The van der Waals surface area contributed by atoms with Gasteiger partial charge in [0.2, 0.25) is 10.0 Å². The van der Waals surface area contributed by atoms with Gasteiger partial charge in [-0.2, -0.15) is 0 Å². The van der Waals surface area contributed by atoms with Gasteiger partial charge in [0.05, 0.1) is 9.79 Å². The summed E-state index contributed by atoms with van der Waals surface area (Å²) in [6, 6.07) is 10.6. The molecule has 0 aliphatic heterocycles. The lowest BCUT2D eigenvalue weighted by Crippen LogP contribution is -2.25. The van der Waals surface area contributed by atoms with Crippen LogP contribution in [0.25, 0.3) is 0 Å². The van der Waals surface area contributed by atoms with Crippen LogP contribution in [0.1, 0.15) is 24.0 Å². The summed E-state index contributed by atoms with van der Waals surface area (Å²) in [4.78, 5) is 0.288.